The fourth-order valence-electron chi connectivity index (χ4n) is 5.50. The van der Waals surface area contributed by atoms with Crippen molar-refractivity contribution in [2.24, 2.45) is 5.92 Å². The van der Waals surface area contributed by atoms with Gasteiger partial charge in [0.1, 0.15) is 5.82 Å². The van der Waals surface area contributed by atoms with Gasteiger partial charge < -0.3 is 20.5 Å². The second-order valence-corrected chi connectivity index (χ2v) is 10.6. The highest BCUT2D eigenvalue weighted by molar-refractivity contribution is 6.35. The summed E-state index contributed by atoms with van der Waals surface area (Å²) in [6.07, 6.45) is 3.57. The van der Waals surface area contributed by atoms with Crippen LogP contribution in [0.3, 0.4) is 0 Å². The van der Waals surface area contributed by atoms with E-state index in [0.29, 0.717) is 39.7 Å². The molecule has 1 saturated heterocycles. The largest absolute Gasteiger partial charge is 0.374 e. The van der Waals surface area contributed by atoms with E-state index in [9.17, 15) is 14.0 Å². The number of halogens is 3. The second-order valence-electron chi connectivity index (χ2n) is 9.77. The summed E-state index contributed by atoms with van der Waals surface area (Å²) in [6, 6.07) is 8.14. The number of anilines is 1. The number of nitrogens with zero attached hydrogens (tertiary/aromatic N) is 1. The summed E-state index contributed by atoms with van der Waals surface area (Å²) >= 11 is 12.6. The van der Waals surface area contributed by atoms with Crippen molar-refractivity contribution in [2.75, 3.05) is 31.5 Å². The number of pyridine rings is 1. The van der Waals surface area contributed by atoms with Crippen LogP contribution in [-0.2, 0) is 17.6 Å². The molecule has 3 heterocycles. The van der Waals surface area contributed by atoms with E-state index in [1.54, 1.807) is 17.0 Å². The number of amides is 1. The van der Waals surface area contributed by atoms with Gasteiger partial charge in [-0.25, -0.2) is 4.39 Å². The van der Waals surface area contributed by atoms with Gasteiger partial charge in [0.15, 0.2) is 0 Å². The number of carbonyl (C=O) groups is 1. The van der Waals surface area contributed by atoms with Gasteiger partial charge in [-0.1, -0.05) is 23.2 Å². The predicted molar refractivity (Wildman–Crippen MR) is 143 cm³/mol. The summed E-state index contributed by atoms with van der Waals surface area (Å²) in [5.74, 6) is -0.214. The van der Waals surface area contributed by atoms with E-state index in [4.69, 9.17) is 23.2 Å². The molecule has 36 heavy (non-hydrogen) atoms. The number of nitrogens with one attached hydrogen (secondary N) is 3. The number of carbonyl (C=O) groups excluding carboxylic acids is 1. The molecule has 1 aromatic heterocycles. The van der Waals surface area contributed by atoms with Crippen molar-refractivity contribution in [1.82, 2.24) is 15.2 Å². The molecule has 190 valence electrons. The second kappa shape index (κ2) is 10.4. The average Bonchev–Trinajstić information content (AvgIpc) is 2.83. The molecule has 2 aromatic carbocycles. The Balaban J connectivity index is 1.32. The SMILES string of the molecule is CC1c2c(Cl)cc(Cl)cc2CCN1C(=O)CNc1cc2cc(CC3CCNCC3)[nH]c(=O)c2cc1F. The van der Waals surface area contributed by atoms with Crippen LogP contribution in [0.15, 0.2) is 35.1 Å². The van der Waals surface area contributed by atoms with Crippen LogP contribution in [0.2, 0.25) is 10.0 Å². The molecule has 5 rings (SSSR count). The minimum atomic E-state index is -0.568. The maximum absolute atomic E-state index is 14.9. The zero-order valence-electron chi connectivity index (χ0n) is 20.1. The first-order valence-corrected chi connectivity index (χ1v) is 13.1. The molecule has 6 nitrogen and oxygen atoms in total. The lowest BCUT2D eigenvalue weighted by Crippen LogP contribution is -2.42. The van der Waals surface area contributed by atoms with Gasteiger partial charge in [0.2, 0.25) is 5.91 Å². The molecule has 9 heteroatoms. The number of hydrogen-bond donors (Lipinski definition) is 3. The fourth-order valence-corrected chi connectivity index (χ4v) is 6.19. The van der Waals surface area contributed by atoms with Crippen molar-refractivity contribution in [3.63, 3.8) is 0 Å². The Morgan fingerprint density at radius 2 is 1.94 bits per heavy atom. The molecule has 0 radical (unpaired) electrons. The van der Waals surface area contributed by atoms with E-state index < -0.39 is 5.82 Å². The monoisotopic (exact) mass is 530 g/mol. The Hall–Kier alpha value is -2.61. The summed E-state index contributed by atoms with van der Waals surface area (Å²) in [7, 11) is 0. The number of piperidine rings is 1. The third-order valence-electron chi connectivity index (χ3n) is 7.39. The van der Waals surface area contributed by atoms with E-state index >= 15 is 0 Å². The van der Waals surface area contributed by atoms with Crippen molar-refractivity contribution < 1.29 is 9.18 Å². The van der Waals surface area contributed by atoms with Crippen LogP contribution in [0.5, 0.6) is 0 Å². The lowest BCUT2D eigenvalue weighted by Gasteiger charge is -2.36. The normalized spacial score (nSPS) is 18.3. The van der Waals surface area contributed by atoms with E-state index in [1.807, 2.05) is 19.1 Å². The number of H-pyrrole nitrogens is 1. The van der Waals surface area contributed by atoms with E-state index in [1.165, 1.54) is 6.07 Å². The third-order valence-corrected chi connectivity index (χ3v) is 7.92. The van der Waals surface area contributed by atoms with Crippen LogP contribution in [0.1, 0.15) is 42.6 Å². The van der Waals surface area contributed by atoms with E-state index in [2.05, 4.69) is 15.6 Å². The summed E-state index contributed by atoms with van der Waals surface area (Å²) < 4.78 is 14.9. The molecular formula is C27H29Cl2FN4O2. The smallest absolute Gasteiger partial charge is 0.256 e. The standard InChI is InChI=1S/C27H29Cl2FN4O2/c1-15-26-17(9-19(28)12-22(26)29)4-7-34(15)25(35)14-32-24-11-18-10-20(8-16-2-5-31-6-3-16)33-27(36)21(18)13-23(24)30/h9-13,15-16,31-32H,2-8,14H2,1H3,(H,33,36). The average molecular weight is 531 g/mol. The maximum Gasteiger partial charge on any atom is 0.256 e. The molecule has 1 unspecified atom stereocenters. The van der Waals surface area contributed by atoms with Gasteiger partial charge in [0, 0.05) is 22.3 Å². The third kappa shape index (κ3) is 5.10. The van der Waals surface area contributed by atoms with E-state index in [0.717, 1.165) is 49.2 Å². The van der Waals surface area contributed by atoms with Crippen molar-refractivity contribution in [3.8, 4) is 0 Å². The molecule has 3 aromatic rings. The Morgan fingerprint density at radius 1 is 1.17 bits per heavy atom. The van der Waals surface area contributed by atoms with Crippen molar-refractivity contribution in [2.45, 2.75) is 38.6 Å². The Morgan fingerprint density at radius 3 is 2.72 bits per heavy atom. The fraction of sp³-hybridized carbons (Fsp3) is 0.407. The number of benzene rings is 2. The van der Waals surface area contributed by atoms with Crippen LogP contribution in [0.4, 0.5) is 10.1 Å². The highest BCUT2D eigenvalue weighted by Gasteiger charge is 2.29. The van der Waals surface area contributed by atoms with Gasteiger partial charge in [0.25, 0.3) is 5.56 Å². The van der Waals surface area contributed by atoms with Crippen LogP contribution in [-0.4, -0.2) is 42.0 Å². The zero-order chi connectivity index (χ0) is 25.4. The topological polar surface area (TPSA) is 77.2 Å². The van der Waals surface area contributed by atoms with Crippen molar-refractivity contribution >= 4 is 45.6 Å². The van der Waals surface area contributed by atoms with E-state index in [-0.39, 0.29) is 29.7 Å². The highest BCUT2D eigenvalue weighted by atomic mass is 35.5. The predicted octanol–water partition coefficient (Wildman–Crippen LogP) is 5.07. The molecule has 0 bridgehead atoms. The minimum Gasteiger partial charge on any atom is -0.374 e. The molecule has 2 aliphatic heterocycles. The van der Waals surface area contributed by atoms with Gasteiger partial charge in [-0.3, -0.25) is 9.59 Å². The molecule has 1 atom stereocenters. The number of aromatic amines is 1. The lowest BCUT2D eigenvalue weighted by atomic mass is 9.92. The Bertz CT molecular complexity index is 1370. The maximum atomic E-state index is 14.9. The minimum absolute atomic E-state index is 0.0710. The highest BCUT2D eigenvalue weighted by Crippen LogP contribution is 2.37. The summed E-state index contributed by atoms with van der Waals surface area (Å²) in [6.45, 7) is 4.36. The summed E-state index contributed by atoms with van der Waals surface area (Å²) in [5, 5.41) is 8.38. The van der Waals surface area contributed by atoms with Gasteiger partial charge >= 0.3 is 0 Å². The molecule has 0 aliphatic carbocycles. The molecule has 0 spiro atoms. The zero-order valence-corrected chi connectivity index (χ0v) is 21.6. The Labute approximate surface area is 219 Å². The summed E-state index contributed by atoms with van der Waals surface area (Å²) in [4.78, 5) is 30.4. The van der Waals surface area contributed by atoms with Gasteiger partial charge in [0.05, 0.1) is 23.7 Å². The first-order chi connectivity index (χ1) is 17.3. The summed E-state index contributed by atoms with van der Waals surface area (Å²) in [5.41, 5.74) is 2.70. The molecule has 2 aliphatic rings. The Kier molecular flexibility index (Phi) is 7.24. The lowest BCUT2D eigenvalue weighted by molar-refractivity contribution is -0.131. The van der Waals surface area contributed by atoms with Crippen LogP contribution >= 0.6 is 23.2 Å². The number of fused-ring (bicyclic) bond motifs is 2. The van der Waals surface area contributed by atoms with Crippen molar-refractivity contribution in [1.29, 1.82) is 0 Å². The van der Waals surface area contributed by atoms with Gasteiger partial charge in [-0.15, -0.1) is 0 Å². The number of hydrogen-bond acceptors (Lipinski definition) is 4. The molecule has 0 saturated carbocycles. The molecule has 1 amide bonds. The molecular weight excluding hydrogens is 502 g/mol. The molecule has 1 fully saturated rings. The van der Waals surface area contributed by atoms with Crippen LogP contribution in [0.25, 0.3) is 10.8 Å². The van der Waals surface area contributed by atoms with Crippen LogP contribution < -0.4 is 16.2 Å². The van der Waals surface area contributed by atoms with Crippen LogP contribution in [0, 0.1) is 11.7 Å². The van der Waals surface area contributed by atoms with Crippen molar-refractivity contribution in [3.05, 3.63) is 73.4 Å². The van der Waals surface area contributed by atoms with Gasteiger partial charge in [-0.2, -0.15) is 0 Å². The number of rotatable bonds is 5. The first-order valence-electron chi connectivity index (χ1n) is 12.4. The van der Waals surface area contributed by atoms with Gasteiger partial charge in [-0.05, 0) is 98.5 Å². The molecule has 3 N–H and O–H groups in total. The quantitative estimate of drug-likeness (QED) is 0.430. The number of aromatic nitrogens is 1. The first kappa shape index (κ1) is 25.1.